The van der Waals surface area contributed by atoms with Crippen molar-refractivity contribution in [3.05, 3.63) is 63.6 Å². The standard InChI is InChI=1S/C14H10BrF2NOS/c15-12-6-10(16)1-2-13(12)19-7-8-3-9(14(18)20)5-11(17)4-8/h1-6H,7H2,(H2,18,20). The van der Waals surface area contributed by atoms with E-state index in [1.807, 2.05) is 0 Å². The summed E-state index contributed by atoms with van der Waals surface area (Å²) in [6, 6.07) is 8.32. The first kappa shape index (κ1) is 14.9. The molecule has 0 aliphatic heterocycles. The Bertz CT molecular complexity index is 664. The fraction of sp³-hybridized carbons (Fsp3) is 0.0714. The molecule has 0 spiro atoms. The topological polar surface area (TPSA) is 35.2 Å². The number of rotatable bonds is 4. The van der Waals surface area contributed by atoms with Crippen molar-refractivity contribution in [2.45, 2.75) is 6.61 Å². The Kier molecular flexibility index (Phi) is 4.67. The maximum atomic E-state index is 13.4. The molecule has 0 radical (unpaired) electrons. The minimum atomic E-state index is -0.438. The van der Waals surface area contributed by atoms with Gasteiger partial charge in [-0.05, 0) is 57.9 Å². The zero-order valence-electron chi connectivity index (χ0n) is 10.2. The van der Waals surface area contributed by atoms with Gasteiger partial charge in [-0.1, -0.05) is 12.2 Å². The molecule has 2 aromatic carbocycles. The second kappa shape index (κ2) is 6.28. The molecule has 0 aliphatic rings. The van der Waals surface area contributed by atoms with Crippen LogP contribution in [-0.4, -0.2) is 4.99 Å². The van der Waals surface area contributed by atoms with Crippen LogP contribution >= 0.6 is 28.1 Å². The number of ether oxygens (including phenoxy) is 1. The minimum Gasteiger partial charge on any atom is -0.488 e. The Morgan fingerprint density at radius 3 is 2.55 bits per heavy atom. The number of halogens is 3. The third-order valence-electron chi connectivity index (χ3n) is 2.53. The van der Waals surface area contributed by atoms with E-state index in [1.165, 1.54) is 30.3 Å². The predicted molar refractivity (Wildman–Crippen MR) is 80.7 cm³/mol. The molecule has 0 atom stereocenters. The van der Waals surface area contributed by atoms with E-state index in [2.05, 4.69) is 15.9 Å². The van der Waals surface area contributed by atoms with Gasteiger partial charge in [0.2, 0.25) is 0 Å². The van der Waals surface area contributed by atoms with Gasteiger partial charge in [0.1, 0.15) is 29.0 Å². The smallest absolute Gasteiger partial charge is 0.134 e. The first-order valence-corrected chi connectivity index (χ1v) is 6.83. The van der Waals surface area contributed by atoms with Crippen LogP contribution in [0.25, 0.3) is 0 Å². The largest absolute Gasteiger partial charge is 0.488 e. The van der Waals surface area contributed by atoms with Crippen LogP contribution in [0.3, 0.4) is 0 Å². The lowest BCUT2D eigenvalue weighted by molar-refractivity contribution is 0.303. The van der Waals surface area contributed by atoms with Crippen LogP contribution in [0.4, 0.5) is 8.78 Å². The number of hydrogen-bond acceptors (Lipinski definition) is 2. The summed E-state index contributed by atoms with van der Waals surface area (Å²) in [5.41, 5.74) is 6.50. The van der Waals surface area contributed by atoms with E-state index >= 15 is 0 Å². The van der Waals surface area contributed by atoms with Crippen molar-refractivity contribution in [2.24, 2.45) is 5.73 Å². The average molecular weight is 358 g/mol. The molecule has 2 aromatic rings. The number of thiocarbonyl (C=S) groups is 1. The second-order valence-corrected chi connectivity index (χ2v) is 5.37. The van der Waals surface area contributed by atoms with Crippen molar-refractivity contribution >= 4 is 33.1 Å². The fourth-order valence-corrected chi connectivity index (χ4v) is 2.21. The van der Waals surface area contributed by atoms with E-state index in [4.69, 9.17) is 22.7 Å². The second-order valence-electron chi connectivity index (χ2n) is 4.08. The lowest BCUT2D eigenvalue weighted by atomic mass is 10.1. The molecule has 0 amide bonds. The van der Waals surface area contributed by atoms with Crippen molar-refractivity contribution < 1.29 is 13.5 Å². The van der Waals surface area contributed by atoms with Crippen LogP contribution in [0, 0.1) is 11.6 Å². The molecule has 0 aliphatic carbocycles. The lowest BCUT2D eigenvalue weighted by Gasteiger charge is -2.09. The molecular formula is C14H10BrF2NOS. The van der Waals surface area contributed by atoms with Gasteiger partial charge in [-0.25, -0.2) is 8.78 Å². The molecule has 0 saturated carbocycles. The number of nitrogens with two attached hydrogens (primary N) is 1. The maximum Gasteiger partial charge on any atom is 0.134 e. The summed E-state index contributed by atoms with van der Waals surface area (Å²) < 4.78 is 32.4. The van der Waals surface area contributed by atoms with Gasteiger partial charge < -0.3 is 10.5 Å². The molecule has 0 fully saturated rings. The van der Waals surface area contributed by atoms with E-state index in [1.54, 1.807) is 6.07 Å². The number of benzene rings is 2. The molecule has 2 N–H and O–H groups in total. The average Bonchev–Trinajstić information content (AvgIpc) is 2.37. The van der Waals surface area contributed by atoms with Gasteiger partial charge in [-0.2, -0.15) is 0 Å². The molecular weight excluding hydrogens is 348 g/mol. The summed E-state index contributed by atoms with van der Waals surface area (Å²) in [6.45, 7) is 0.123. The molecule has 0 bridgehead atoms. The van der Waals surface area contributed by atoms with E-state index in [0.717, 1.165) is 0 Å². The van der Waals surface area contributed by atoms with Crippen molar-refractivity contribution in [1.29, 1.82) is 0 Å². The lowest BCUT2D eigenvalue weighted by Crippen LogP contribution is -2.10. The summed E-state index contributed by atoms with van der Waals surface area (Å²) in [7, 11) is 0. The number of hydrogen-bond donors (Lipinski definition) is 1. The Morgan fingerprint density at radius 2 is 1.90 bits per heavy atom. The van der Waals surface area contributed by atoms with Crippen LogP contribution in [-0.2, 0) is 6.61 Å². The zero-order valence-corrected chi connectivity index (χ0v) is 12.6. The molecule has 104 valence electrons. The van der Waals surface area contributed by atoms with Gasteiger partial charge in [0, 0.05) is 5.56 Å². The van der Waals surface area contributed by atoms with E-state index in [9.17, 15) is 8.78 Å². The van der Waals surface area contributed by atoms with E-state index in [-0.39, 0.29) is 17.4 Å². The van der Waals surface area contributed by atoms with Crippen molar-refractivity contribution in [2.75, 3.05) is 0 Å². The first-order valence-electron chi connectivity index (χ1n) is 5.63. The van der Waals surface area contributed by atoms with Gasteiger partial charge in [0.15, 0.2) is 0 Å². The summed E-state index contributed by atoms with van der Waals surface area (Å²) in [5, 5.41) is 0. The van der Waals surface area contributed by atoms with Crippen LogP contribution in [0.2, 0.25) is 0 Å². The zero-order chi connectivity index (χ0) is 14.7. The van der Waals surface area contributed by atoms with Gasteiger partial charge >= 0.3 is 0 Å². The van der Waals surface area contributed by atoms with Crippen molar-refractivity contribution in [1.82, 2.24) is 0 Å². The molecule has 2 rings (SSSR count). The minimum absolute atomic E-state index is 0.119. The Labute approximate surface area is 128 Å². The highest BCUT2D eigenvalue weighted by Crippen LogP contribution is 2.26. The van der Waals surface area contributed by atoms with Crippen LogP contribution < -0.4 is 10.5 Å². The monoisotopic (exact) mass is 357 g/mol. The Balaban J connectivity index is 2.16. The van der Waals surface area contributed by atoms with Gasteiger partial charge in [0.05, 0.1) is 4.47 Å². The predicted octanol–water partition coefficient (Wildman–Crippen LogP) is 3.94. The van der Waals surface area contributed by atoms with Gasteiger partial charge in [0.25, 0.3) is 0 Å². The third-order valence-corrected chi connectivity index (χ3v) is 3.39. The van der Waals surface area contributed by atoms with Crippen LogP contribution in [0.15, 0.2) is 40.9 Å². The summed E-state index contributed by atoms with van der Waals surface area (Å²) in [5.74, 6) is -0.342. The van der Waals surface area contributed by atoms with Crippen LogP contribution in [0.1, 0.15) is 11.1 Å². The highest BCUT2D eigenvalue weighted by atomic mass is 79.9. The summed E-state index contributed by atoms with van der Waals surface area (Å²) in [4.78, 5) is 0.119. The first-order chi connectivity index (χ1) is 9.45. The molecule has 0 unspecified atom stereocenters. The highest BCUT2D eigenvalue weighted by Gasteiger charge is 2.06. The van der Waals surface area contributed by atoms with Crippen LogP contribution in [0.5, 0.6) is 5.75 Å². The summed E-state index contributed by atoms with van der Waals surface area (Å²) >= 11 is 8.01. The molecule has 20 heavy (non-hydrogen) atoms. The molecule has 0 aromatic heterocycles. The van der Waals surface area contributed by atoms with Crippen molar-refractivity contribution in [3.63, 3.8) is 0 Å². The quantitative estimate of drug-likeness (QED) is 0.841. The van der Waals surface area contributed by atoms with Gasteiger partial charge in [-0.3, -0.25) is 0 Å². The fourth-order valence-electron chi connectivity index (χ4n) is 1.63. The van der Waals surface area contributed by atoms with Gasteiger partial charge in [-0.15, -0.1) is 0 Å². The molecule has 6 heteroatoms. The van der Waals surface area contributed by atoms with E-state index < -0.39 is 5.82 Å². The molecule has 2 nitrogen and oxygen atoms in total. The normalized spacial score (nSPS) is 10.3. The third kappa shape index (κ3) is 3.74. The highest BCUT2D eigenvalue weighted by molar-refractivity contribution is 9.10. The molecule has 0 heterocycles. The maximum absolute atomic E-state index is 13.4. The SMILES string of the molecule is NC(=S)c1cc(F)cc(COc2ccc(F)cc2Br)c1. The van der Waals surface area contributed by atoms with E-state index in [0.29, 0.717) is 21.3 Å². The Morgan fingerprint density at radius 1 is 1.15 bits per heavy atom. The molecule has 0 saturated heterocycles. The van der Waals surface area contributed by atoms with Crippen molar-refractivity contribution in [3.8, 4) is 5.75 Å². The summed E-state index contributed by atoms with van der Waals surface area (Å²) in [6.07, 6.45) is 0. The Hall–Kier alpha value is -1.53.